The Bertz CT molecular complexity index is 80.6. The van der Waals surface area contributed by atoms with Crippen molar-refractivity contribution in [3.8, 4) is 0 Å². The minimum Gasteiger partial charge on any atom is -0.359 e. The van der Waals surface area contributed by atoms with E-state index in [9.17, 15) is 4.79 Å². The molecule has 0 bridgehead atoms. The Morgan fingerprint density at radius 1 is 1.88 bits per heavy atom. The maximum absolute atomic E-state index is 10.6. The SMILES string of the molecule is [CH2]C(CC)C(=O)NC. The summed E-state index contributed by atoms with van der Waals surface area (Å²) in [7, 11) is 1.62. The topological polar surface area (TPSA) is 29.1 Å². The first kappa shape index (κ1) is 7.47. The van der Waals surface area contributed by atoms with Crippen molar-refractivity contribution in [1.29, 1.82) is 0 Å². The molecule has 0 aromatic heterocycles. The van der Waals surface area contributed by atoms with E-state index in [-0.39, 0.29) is 11.8 Å². The second-order valence-corrected chi connectivity index (χ2v) is 1.72. The lowest BCUT2D eigenvalue weighted by Crippen LogP contribution is -2.24. The zero-order valence-electron chi connectivity index (χ0n) is 5.40. The summed E-state index contributed by atoms with van der Waals surface area (Å²) in [4.78, 5) is 10.6. The maximum Gasteiger partial charge on any atom is 0.222 e. The maximum atomic E-state index is 10.6. The molecule has 0 aliphatic rings. The molecule has 0 heterocycles. The number of nitrogens with one attached hydrogen (secondary N) is 1. The van der Waals surface area contributed by atoms with Crippen LogP contribution in [-0.4, -0.2) is 13.0 Å². The van der Waals surface area contributed by atoms with E-state index in [4.69, 9.17) is 0 Å². The number of carbonyl (C=O) groups is 1. The fourth-order valence-electron chi connectivity index (χ4n) is 0.390. The normalized spacial score (nSPS) is 12.9. The van der Waals surface area contributed by atoms with Crippen LogP contribution in [0.4, 0.5) is 0 Å². The van der Waals surface area contributed by atoms with Crippen LogP contribution in [0.3, 0.4) is 0 Å². The molecule has 0 aromatic rings. The molecule has 47 valence electrons. The molecule has 0 aliphatic carbocycles. The summed E-state index contributed by atoms with van der Waals surface area (Å²) in [5.41, 5.74) is 0. The van der Waals surface area contributed by atoms with Crippen molar-refractivity contribution in [2.75, 3.05) is 7.05 Å². The van der Waals surface area contributed by atoms with Gasteiger partial charge < -0.3 is 5.32 Å². The lowest BCUT2D eigenvalue weighted by atomic mass is 10.1. The van der Waals surface area contributed by atoms with E-state index in [2.05, 4.69) is 12.2 Å². The van der Waals surface area contributed by atoms with Gasteiger partial charge in [0.2, 0.25) is 5.91 Å². The quantitative estimate of drug-likeness (QED) is 0.559. The first-order chi connectivity index (χ1) is 3.72. The van der Waals surface area contributed by atoms with Gasteiger partial charge >= 0.3 is 0 Å². The van der Waals surface area contributed by atoms with E-state index >= 15 is 0 Å². The third-order valence-corrected chi connectivity index (χ3v) is 1.11. The molecular formula is C6H12NO. The van der Waals surface area contributed by atoms with Gasteiger partial charge in [0, 0.05) is 13.0 Å². The van der Waals surface area contributed by atoms with Gasteiger partial charge in [-0.25, -0.2) is 0 Å². The fraction of sp³-hybridized carbons (Fsp3) is 0.667. The minimum atomic E-state index is -0.0833. The van der Waals surface area contributed by atoms with Gasteiger partial charge in [0.1, 0.15) is 0 Å². The highest BCUT2D eigenvalue weighted by atomic mass is 16.1. The number of hydrogen-bond donors (Lipinski definition) is 1. The van der Waals surface area contributed by atoms with Crippen molar-refractivity contribution in [3.63, 3.8) is 0 Å². The monoisotopic (exact) mass is 114 g/mol. The zero-order chi connectivity index (χ0) is 6.57. The molecule has 0 saturated carbocycles. The highest BCUT2D eigenvalue weighted by Gasteiger charge is 2.05. The molecule has 1 atom stereocenters. The summed E-state index contributed by atoms with van der Waals surface area (Å²) in [6, 6.07) is 0. The predicted molar refractivity (Wildman–Crippen MR) is 33.2 cm³/mol. The van der Waals surface area contributed by atoms with Crippen LogP contribution in [0.15, 0.2) is 0 Å². The van der Waals surface area contributed by atoms with Crippen LogP contribution in [0.5, 0.6) is 0 Å². The van der Waals surface area contributed by atoms with E-state index in [1.165, 1.54) is 0 Å². The molecule has 8 heavy (non-hydrogen) atoms. The summed E-state index contributed by atoms with van der Waals surface area (Å²) < 4.78 is 0. The van der Waals surface area contributed by atoms with Crippen LogP contribution in [-0.2, 0) is 4.79 Å². The first-order valence-corrected chi connectivity index (χ1v) is 2.77. The molecule has 2 heteroatoms. The van der Waals surface area contributed by atoms with Crippen LogP contribution in [0.25, 0.3) is 0 Å². The Morgan fingerprint density at radius 2 is 2.38 bits per heavy atom. The Labute approximate surface area is 50.3 Å². The van der Waals surface area contributed by atoms with Crippen molar-refractivity contribution < 1.29 is 4.79 Å². The van der Waals surface area contributed by atoms with Gasteiger partial charge in [-0.05, 0) is 13.3 Å². The molecule has 0 fully saturated rings. The highest BCUT2D eigenvalue weighted by Crippen LogP contribution is 1.97. The van der Waals surface area contributed by atoms with Gasteiger partial charge in [-0.2, -0.15) is 0 Å². The average Bonchev–Trinajstić information content (AvgIpc) is 1.84. The molecule has 1 radical (unpaired) electrons. The van der Waals surface area contributed by atoms with Crippen molar-refractivity contribution >= 4 is 5.91 Å². The van der Waals surface area contributed by atoms with Crippen LogP contribution in [0, 0.1) is 12.8 Å². The van der Waals surface area contributed by atoms with Gasteiger partial charge in [0.15, 0.2) is 0 Å². The summed E-state index contributed by atoms with van der Waals surface area (Å²) in [5, 5.41) is 2.51. The van der Waals surface area contributed by atoms with Crippen molar-refractivity contribution in [2.24, 2.45) is 5.92 Å². The van der Waals surface area contributed by atoms with Crippen molar-refractivity contribution in [3.05, 3.63) is 6.92 Å². The Balaban J connectivity index is 3.46. The number of amides is 1. The number of hydrogen-bond acceptors (Lipinski definition) is 1. The fourth-order valence-corrected chi connectivity index (χ4v) is 0.390. The summed E-state index contributed by atoms with van der Waals surface area (Å²) in [5.74, 6) is -0.0625. The van der Waals surface area contributed by atoms with Crippen molar-refractivity contribution in [2.45, 2.75) is 13.3 Å². The van der Waals surface area contributed by atoms with Gasteiger partial charge in [-0.1, -0.05) is 6.92 Å². The summed E-state index contributed by atoms with van der Waals surface area (Å²) in [6.07, 6.45) is 0.805. The summed E-state index contributed by atoms with van der Waals surface area (Å²) in [6.45, 7) is 5.55. The van der Waals surface area contributed by atoms with E-state index in [1.54, 1.807) is 7.05 Å². The molecule has 0 aromatic carbocycles. The number of rotatable bonds is 2. The molecule has 1 amide bonds. The number of carbonyl (C=O) groups excluding carboxylic acids is 1. The largest absolute Gasteiger partial charge is 0.359 e. The Hall–Kier alpha value is -0.530. The lowest BCUT2D eigenvalue weighted by Gasteiger charge is -2.03. The highest BCUT2D eigenvalue weighted by molar-refractivity contribution is 5.78. The van der Waals surface area contributed by atoms with Crippen molar-refractivity contribution in [1.82, 2.24) is 5.32 Å². The van der Waals surface area contributed by atoms with Gasteiger partial charge in [0.25, 0.3) is 0 Å². The second kappa shape index (κ2) is 3.47. The van der Waals surface area contributed by atoms with Crippen LogP contribution in [0.1, 0.15) is 13.3 Å². The second-order valence-electron chi connectivity index (χ2n) is 1.72. The van der Waals surface area contributed by atoms with Gasteiger partial charge in [-0.3, -0.25) is 4.79 Å². The molecular weight excluding hydrogens is 102 g/mol. The molecule has 1 unspecified atom stereocenters. The molecule has 0 rings (SSSR count). The minimum absolute atomic E-state index is 0.0208. The zero-order valence-corrected chi connectivity index (χ0v) is 5.40. The molecule has 1 N–H and O–H groups in total. The molecule has 0 aliphatic heterocycles. The standard InChI is InChI=1S/C6H12NO/c1-4-5(2)6(8)7-3/h5H,2,4H2,1,3H3,(H,7,8). The van der Waals surface area contributed by atoms with E-state index < -0.39 is 0 Å². The van der Waals surface area contributed by atoms with E-state index in [0.717, 1.165) is 6.42 Å². The first-order valence-electron chi connectivity index (χ1n) is 2.77. The lowest BCUT2D eigenvalue weighted by molar-refractivity contribution is -0.123. The average molecular weight is 114 g/mol. The Kier molecular flexibility index (Phi) is 3.24. The van der Waals surface area contributed by atoms with Crippen LogP contribution < -0.4 is 5.32 Å². The van der Waals surface area contributed by atoms with Gasteiger partial charge in [0.05, 0.1) is 0 Å². The smallest absolute Gasteiger partial charge is 0.222 e. The third-order valence-electron chi connectivity index (χ3n) is 1.11. The Morgan fingerprint density at radius 3 is 2.50 bits per heavy atom. The van der Waals surface area contributed by atoms with Crippen LogP contribution in [0.2, 0.25) is 0 Å². The predicted octanol–water partition coefficient (Wildman–Crippen LogP) is 0.593. The van der Waals surface area contributed by atoms with E-state index in [0.29, 0.717) is 0 Å². The van der Waals surface area contributed by atoms with Gasteiger partial charge in [-0.15, -0.1) is 0 Å². The van der Waals surface area contributed by atoms with E-state index in [1.807, 2.05) is 6.92 Å². The third kappa shape index (κ3) is 1.96. The molecule has 2 nitrogen and oxygen atoms in total. The molecule has 0 spiro atoms. The van der Waals surface area contributed by atoms with Crippen LogP contribution >= 0.6 is 0 Å². The molecule has 0 saturated heterocycles. The summed E-state index contributed by atoms with van der Waals surface area (Å²) >= 11 is 0.